The van der Waals surface area contributed by atoms with E-state index in [4.69, 9.17) is 5.73 Å². The molecule has 1 aliphatic heterocycles. The van der Waals surface area contributed by atoms with Crippen molar-refractivity contribution in [2.24, 2.45) is 5.73 Å². The van der Waals surface area contributed by atoms with E-state index in [9.17, 15) is 4.79 Å². The van der Waals surface area contributed by atoms with Crippen LogP contribution in [0.25, 0.3) is 0 Å². The average molecular weight is 374 g/mol. The highest BCUT2D eigenvalue weighted by molar-refractivity contribution is 5.99. The minimum atomic E-state index is -0.596. The third-order valence-electron chi connectivity index (χ3n) is 5.31. The summed E-state index contributed by atoms with van der Waals surface area (Å²) >= 11 is 0. The number of fused-ring (bicyclic) bond motifs is 1. The summed E-state index contributed by atoms with van der Waals surface area (Å²) in [4.78, 5) is 23.2. The number of nitrogens with zero attached hydrogens (tertiary/aromatic N) is 2. The number of imidazole rings is 1. The van der Waals surface area contributed by atoms with Crippen LogP contribution in [0.15, 0.2) is 60.8 Å². The fourth-order valence-electron chi connectivity index (χ4n) is 3.95. The standard InChI is InChI=1S/C23H26N4O/c1-2-8-18-15-25-22(26-18)21-14-17-11-6-7-12-20(17)27(21)23(28)19(24)13-16-9-4-3-5-10-16/h3-7,9-12,15,19,21H,2,8,13-14,24H2,1H3,(H,25,26)/t19-,21-/m0/s1. The Kier molecular flexibility index (Phi) is 5.26. The summed E-state index contributed by atoms with van der Waals surface area (Å²) in [5.74, 6) is 0.771. The average Bonchev–Trinajstić information content (AvgIpc) is 3.33. The van der Waals surface area contributed by atoms with Crippen LogP contribution in [0.1, 0.15) is 42.0 Å². The number of anilines is 1. The number of nitrogens with one attached hydrogen (secondary N) is 1. The number of rotatable bonds is 6. The molecule has 2 aromatic carbocycles. The Bertz CT molecular complexity index is 950. The fraction of sp³-hybridized carbons (Fsp3) is 0.304. The lowest BCUT2D eigenvalue weighted by Gasteiger charge is -2.27. The number of aryl methyl sites for hydroxylation is 1. The summed E-state index contributed by atoms with van der Waals surface area (Å²) in [6.45, 7) is 2.14. The zero-order chi connectivity index (χ0) is 19.5. The number of carbonyl (C=O) groups is 1. The number of benzene rings is 2. The van der Waals surface area contributed by atoms with Gasteiger partial charge in [0.1, 0.15) is 5.82 Å². The molecule has 2 heterocycles. The quantitative estimate of drug-likeness (QED) is 0.693. The second-order valence-corrected chi connectivity index (χ2v) is 7.40. The van der Waals surface area contributed by atoms with Gasteiger partial charge in [0.05, 0.1) is 12.1 Å². The van der Waals surface area contributed by atoms with E-state index >= 15 is 0 Å². The SMILES string of the molecule is CCCc1cnc([C@@H]2Cc3ccccc3N2C(=O)[C@@H](N)Cc2ccccc2)[nH]1. The molecule has 1 amide bonds. The molecule has 4 rings (SSSR count). The number of hydrogen-bond acceptors (Lipinski definition) is 3. The number of nitrogens with two attached hydrogens (primary N) is 1. The molecule has 0 saturated carbocycles. The Balaban J connectivity index is 1.62. The van der Waals surface area contributed by atoms with Crippen molar-refractivity contribution in [1.29, 1.82) is 0 Å². The number of aromatic amines is 1. The van der Waals surface area contributed by atoms with Crippen molar-refractivity contribution in [3.05, 3.63) is 83.4 Å². The van der Waals surface area contributed by atoms with Gasteiger partial charge in [0.15, 0.2) is 0 Å². The highest BCUT2D eigenvalue weighted by atomic mass is 16.2. The highest BCUT2D eigenvalue weighted by Gasteiger charge is 2.38. The maximum atomic E-state index is 13.4. The van der Waals surface area contributed by atoms with Crippen molar-refractivity contribution in [3.8, 4) is 0 Å². The number of para-hydroxylation sites is 1. The van der Waals surface area contributed by atoms with Crippen LogP contribution in [0, 0.1) is 0 Å². The summed E-state index contributed by atoms with van der Waals surface area (Å²) in [6, 6.07) is 17.2. The predicted octanol–water partition coefficient (Wildman–Crippen LogP) is 3.56. The molecule has 144 valence electrons. The van der Waals surface area contributed by atoms with Crippen molar-refractivity contribution < 1.29 is 4.79 Å². The Hall–Kier alpha value is -2.92. The molecule has 28 heavy (non-hydrogen) atoms. The summed E-state index contributed by atoms with van der Waals surface area (Å²) in [5, 5.41) is 0. The molecular weight excluding hydrogens is 348 g/mol. The van der Waals surface area contributed by atoms with E-state index in [1.165, 1.54) is 0 Å². The molecule has 0 spiro atoms. The van der Waals surface area contributed by atoms with E-state index in [-0.39, 0.29) is 11.9 Å². The van der Waals surface area contributed by atoms with Gasteiger partial charge in [-0.25, -0.2) is 4.98 Å². The van der Waals surface area contributed by atoms with Crippen molar-refractivity contribution in [2.45, 2.75) is 44.7 Å². The van der Waals surface area contributed by atoms with E-state index in [2.05, 4.69) is 23.0 Å². The van der Waals surface area contributed by atoms with E-state index in [1.807, 2.05) is 59.6 Å². The molecule has 5 nitrogen and oxygen atoms in total. The molecule has 0 fully saturated rings. The van der Waals surface area contributed by atoms with E-state index < -0.39 is 6.04 Å². The molecule has 0 radical (unpaired) electrons. The smallest absolute Gasteiger partial charge is 0.244 e. The summed E-state index contributed by atoms with van der Waals surface area (Å²) in [7, 11) is 0. The van der Waals surface area contributed by atoms with Crippen molar-refractivity contribution >= 4 is 11.6 Å². The Morgan fingerprint density at radius 2 is 1.96 bits per heavy atom. The molecule has 1 aliphatic rings. The Morgan fingerprint density at radius 3 is 2.75 bits per heavy atom. The third-order valence-corrected chi connectivity index (χ3v) is 5.31. The summed E-state index contributed by atoms with van der Waals surface area (Å²) < 4.78 is 0. The van der Waals surface area contributed by atoms with Gasteiger partial charge in [-0.1, -0.05) is 61.9 Å². The summed E-state index contributed by atoms with van der Waals surface area (Å²) in [6.07, 6.45) is 5.16. The normalized spacial score (nSPS) is 16.8. The van der Waals surface area contributed by atoms with Crippen LogP contribution in [0.3, 0.4) is 0 Å². The first-order valence-corrected chi connectivity index (χ1v) is 9.91. The predicted molar refractivity (Wildman–Crippen MR) is 111 cm³/mol. The minimum absolute atomic E-state index is 0.0627. The van der Waals surface area contributed by atoms with Crippen molar-refractivity contribution in [2.75, 3.05) is 4.90 Å². The molecule has 5 heteroatoms. The third kappa shape index (κ3) is 3.58. The highest BCUT2D eigenvalue weighted by Crippen LogP contribution is 2.39. The van der Waals surface area contributed by atoms with Crippen LogP contribution in [-0.2, 0) is 24.1 Å². The Labute approximate surface area is 165 Å². The molecule has 0 saturated heterocycles. The molecule has 0 bridgehead atoms. The van der Waals surface area contributed by atoms with Crippen molar-refractivity contribution in [3.63, 3.8) is 0 Å². The van der Waals surface area contributed by atoms with Crippen LogP contribution < -0.4 is 10.6 Å². The zero-order valence-electron chi connectivity index (χ0n) is 16.1. The van der Waals surface area contributed by atoms with Gasteiger partial charge in [-0.3, -0.25) is 9.69 Å². The van der Waals surface area contributed by atoms with Crippen LogP contribution in [0.2, 0.25) is 0 Å². The van der Waals surface area contributed by atoms with Gasteiger partial charge < -0.3 is 10.7 Å². The molecule has 0 aliphatic carbocycles. The van der Waals surface area contributed by atoms with E-state index in [0.29, 0.717) is 6.42 Å². The minimum Gasteiger partial charge on any atom is -0.344 e. The van der Waals surface area contributed by atoms with Crippen LogP contribution >= 0.6 is 0 Å². The maximum Gasteiger partial charge on any atom is 0.244 e. The second kappa shape index (κ2) is 7.98. The molecule has 0 unspecified atom stereocenters. The van der Waals surface area contributed by atoms with Crippen LogP contribution in [0.4, 0.5) is 5.69 Å². The first-order chi connectivity index (χ1) is 13.7. The number of aromatic nitrogens is 2. The van der Waals surface area contributed by atoms with Gasteiger partial charge >= 0.3 is 0 Å². The van der Waals surface area contributed by atoms with Crippen LogP contribution in [-0.4, -0.2) is 21.9 Å². The lowest BCUT2D eigenvalue weighted by Crippen LogP contribution is -2.45. The molecular formula is C23H26N4O. The maximum absolute atomic E-state index is 13.4. The largest absolute Gasteiger partial charge is 0.344 e. The van der Waals surface area contributed by atoms with Gasteiger partial charge in [-0.15, -0.1) is 0 Å². The molecule has 3 aromatic rings. The topological polar surface area (TPSA) is 75.0 Å². The number of hydrogen-bond donors (Lipinski definition) is 2. The van der Waals surface area contributed by atoms with Gasteiger partial charge in [-0.05, 0) is 30.0 Å². The van der Waals surface area contributed by atoms with Gasteiger partial charge in [0.25, 0.3) is 0 Å². The lowest BCUT2D eigenvalue weighted by molar-refractivity contribution is -0.120. The van der Waals surface area contributed by atoms with E-state index in [1.54, 1.807) is 0 Å². The number of carbonyl (C=O) groups excluding carboxylic acids is 1. The van der Waals surface area contributed by atoms with E-state index in [0.717, 1.165) is 47.6 Å². The van der Waals surface area contributed by atoms with Crippen molar-refractivity contribution in [1.82, 2.24) is 9.97 Å². The first kappa shape index (κ1) is 18.4. The molecule has 1 aromatic heterocycles. The van der Waals surface area contributed by atoms with Gasteiger partial charge in [-0.2, -0.15) is 0 Å². The zero-order valence-corrected chi connectivity index (χ0v) is 16.1. The Morgan fingerprint density at radius 1 is 1.21 bits per heavy atom. The van der Waals surface area contributed by atoms with Crippen LogP contribution in [0.5, 0.6) is 0 Å². The number of amides is 1. The fourth-order valence-corrected chi connectivity index (χ4v) is 3.95. The lowest BCUT2D eigenvalue weighted by atomic mass is 10.0. The molecule has 2 atom stereocenters. The summed E-state index contributed by atoms with van der Waals surface area (Å²) in [5.41, 5.74) is 10.6. The monoisotopic (exact) mass is 374 g/mol. The number of H-pyrrole nitrogens is 1. The van der Waals surface area contributed by atoms with Gasteiger partial charge in [0.2, 0.25) is 5.91 Å². The molecule has 3 N–H and O–H groups in total. The second-order valence-electron chi connectivity index (χ2n) is 7.40. The van der Waals surface area contributed by atoms with Gasteiger partial charge in [0, 0.05) is 24.0 Å². The first-order valence-electron chi connectivity index (χ1n) is 9.91.